The van der Waals surface area contributed by atoms with Gasteiger partial charge >= 0.3 is 5.97 Å². The molecule has 0 spiro atoms. The SMILES string of the molecule is CCOCOC(=O)c1ccccc1Nc1c(Cl)ccc(C)c1Cl.Nc1ccccc1Cc1ncncn1. The monoisotopic (exact) mass is 539 g/mol. The van der Waals surface area contributed by atoms with E-state index in [0.29, 0.717) is 40.0 Å². The van der Waals surface area contributed by atoms with Gasteiger partial charge in [0.15, 0.2) is 6.79 Å². The number of nitrogens with zero attached hydrogens (tertiary/aromatic N) is 3. The second-order valence-corrected chi connectivity index (χ2v) is 8.48. The van der Waals surface area contributed by atoms with Gasteiger partial charge in [-0.05, 0) is 49.2 Å². The highest BCUT2D eigenvalue weighted by molar-refractivity contribution is 6.39. The van der Waals surface area contributed by atoms with Gasteiger partial charge in [-0.1, -0.05) is 59.6 Å². The molecule has 0 bridgehead atoms. The third kappa shape index (κ3) is 8.15. The molecule has 37 heavy (non-hydrogen) atoms. The average Bonchev–Trinajstić information content (AvgIpc) is 2.91. The van der Waals surface area contributed by atoms with Crippen molar-refractivity contribution in [2.24, 2.45) is 0 Å². The van der Waals surface area contributed by atoms with Crippen molar-refractivity contribution in [1.82, 2.24) is 15.0 Å². The Bertz CT molecular complexity index is 1320. The molecule has 0 saturated heterocycles. The number of carbonyl (C=O) groups excluding carboxylic acids is 1. The molecular weight excluding hydrogens is 513 g/mol. The first-order valence-corrected chi connectivity index (χ1v) is 12.2. The fourth-order valence-electron chi connectivity index (χ4n) is 3.15. The van der Waals surface area contributed by atoms with Crippen molar-refractivity contribution >= 4 is 46.2 Å². The Hall–Kier alpha value is -3.72. The third-order valence-electron chi connectivity index (χ3n) is 5.12. The molecule has 1 heterocycles. The van der Waals surface area contributed by atoms with Gasteiger partial charge in [0.1, 0.15) is 18.5 Å². The fraction of sp³-hybridized carbons (Fsp3) is 0.185. The van der Waals surface area contributed by atoms with Gasteiger partial charge in [-0.15, -0.1) is 0 Å². The number of nitrogen functional groups attached to an aromatic ring is 1. The number of aryl methyl sites for hydroxylation is 1. The van der Waals surface area contributed by atoms with Gasteiger partial charge in [0.05, 0.1) is 27.0 Å². The fourth-order valence-corrected chi connectivity index (χ4v) is 3.62. The lowest BCUT2D eigenvalue weighted by Gasteiger charge is -2.15. The maximum Gasteiger partial charge on any atom is 0.342 e. The molecule has 0 amide bonds. The van der Waals surface area contributed by atoms with Gasteiger partial charge < -0.3 is 20.5 Å². The van der Waals surface area contributed by atoms with Crippen molar-refractivity contribution in [3.8, 4) is 0 Å². The molecule has 192 valence electrons. The maximum atomic E-state index is 12.2. The van der Waals surface area contributed by atoms with Crippen molar-refractivity contribution in [2.75, 3.05) is 24.5 Å². The van der Waals surface area contributed by atoms with Gasteiger partial charge in [0.25, 0.3) is 0 Å². The summed E-state index contributed by atoms with van der Waals surface area (Å²) in [7, 11) is 0. The molecule has 0 saturated carbocycles. The number of carbonyl (C=O) groups is 1. The smallest absolute Gasteiger partial charge is 0.342 e. The second-order valence-electron chi connectivity index (χ2n) is 7.70. The van der Waals surface area contributed by atoms with Crippen LogP contribution in [-0.2, 0) is 15.9 Å². The Kier molecular flexibility index (Phi) is 10.6. The first-order valence-electron chi connectivity index (χ1n) is 11.4. The minimum atomic E-state index is -0.485. The Morgan fingerprint density at radius 1 is 1.00 bits per heavy atom. The average molecular weight is 540 g/mol. The number of ether oxygens (including phenoxy) is 2. The van der Waals surface area contributed by atoms with Crippen LogP contribution in [0.2, 0.25) is 10.0 Å². The van der Waals surface area contributed by atoms with Gasteiger partial charge in [-0.2, -0.15) is 0 Å². The highest BCUT2D eigenvalue weighted by atomic mass is 35.5. The molecule has 8 nitrogen and oxygen atoms in total. The van der Waals surface area contributed by atoms with Gasteiger partial charge in [-0.25, -0.2) is 19.7 Å². The number of esters is 1. The van der Waals surface area contributed by atoms with Crippen LogP contribution >= 0.6 is 23.2 Å². The summed E-state index contributed by atoms with van der Waals surface area (Å²) in [4.78, 5) is 24.0. The predicted molar refractivity (Wildman–Crippen MR) is 146 cm³/mol. The first-order chi connectivity index (χ1) is 17.9. The molecule has 0 aliphatic rings. The largest absolute Gasteiger partial charge is 0.435 e. The van der Waals surface area contributed by atoms with E-state index in [9.17, 15) is 4.79 Å². The lowest BCUT2D eigenvalue weighted by molar-refractivity contribution is -0.0273. The highest BCUT2D eigenvalue weighted by Crippen LogP contribution is 2.36. The molecule has 0 aliphatic carbocycles. The van der Waals surface area contributed by atoms with Gasteiger partial charge in [0, 0.05) is 18.7 Å². The summed E-state index contributed by atoms with van der Waals surface area (Å²) >= 11 is 12.5. The number of halogens is 2. The van der Waals surface area contributed by atoms with Crippen molar-refractivity contribution in [3.63, 3.8) is 0 Å². The van der Waals surface area contributed by atoms with Crippen LogP contribution in [0.5, 0.6) is 0 Å². The van der Waals surface area contributed by atoms with Crippen LogP contribution < -0.4 is 11.1 Å². The molecule has 0 fully saturated rings. The normalized spacial score (nSPS) is 10.3. The van der Waals surface area contributed by atoms with Crippen LogP contribution in [0, 0.1) is 6.92 Å². The molecule has 0 aliphatic heterocycles. The Morgan fingerprint density at radius 3 is 2.43 bits per heavy atom. The van der Waals surface area contributed by atoms with E-state index in [1.54, 1.807) is 30.3 Å². The number of nitrogens with one attached hydrogen (secondary N) is 1. The van der Waals surface area contributed by atoms with Crippen molar-refractivity contribution in [3.05, 3.63) is 106 Å². The molecule has 4 rings (SSSR count). The van der Waals surface area contributed by atoms with Crippen LogP contribution in [0.15, 0.2) is 73.3 Å². The number of hydrogen-bond donors (Lipinski definition) is 2. The molecule has 0 radical (unpaired) electrons. The standard InChI is InChI=1S/C17H17Cl2NO3.C10H10N4/c1-3-22-10-23-17(21)12-6-4-5-7-14(12)20-16-13(18)9-8-11(2)15(16)19;11-9-4-2-1-3-8(9)5-10-13-6-12-7-14-10/h4-9,20H,3,10H2,1-2H3;1-4,6-7H,5,11H2. The zero-order valence-corrected chi connectivity index (χ0v) is 22.0. The maximum absolute atomic E-state index is 12.2. The molecule has 3 N–H and O–H groups in total. The number of hydrogen-bond acceptors (Lipinski definition) is 8. The van der Waals surface area contributed by atoms with Gasteiger partial charge in [-0.3, -0.25) is 0 Å². The summed E-state index contributed by atoms with van der Waals surface area (Å²) in [6.07, 6.45) is 3.62. The summed E-state index contributed by atoms with van der Waals surface area (Å²) in [6.45, 7) is 4.09. The van der Waals surface area contributed by atoms with E-state index in [1.165, 1.54) is 12.7 Å². The van der Waals surface area contributed by atoms with Crippen LogP contribution in [0.25, 0.3) is 0 Å². The van der Waals surface area contributed by atoms with E-state index in [4.69, 9.17) is 38.4 Å². The van der Waals surface area contributed by atoms with Crippen molar-refractivity contribution in [1.29, 1.82) is 0 Å². The molecule has 0 atom stereocenters. The lowest BCUT2D eigenvalue weighted by atomic mass is 10.1. The summed E-state index contributed by atoms with van der Waals surface area (Å²) < 4.78 is 10.1. The summed E-state index contributed by atoms with van der Waals surface area (Å²) in [6, 6.07) is 18.3. The molecular formula is C27H27Cl2N5O3. The first kappa shape index (κ1) is 27.9. The lowest BCUT2D eigenvalue weighted by Crippen LogP contribution is -2.11. The highest BCUT2D eigenvalue weighted by Gasteiger charge is 2.15. The Balaban J connectivity index is 0.000000231. The zero-order chi connectivity index (χ0) is 26.6. The third-order valence-corrected chi connectivity index (χ3v) is 5.92. The molecule has 1 aromatic heterocycles. The van der Waals surface area contributed by atoms with E-state index in [1.807, 2.05) is 44.2 Å². The quantitative estimate of drug-likeness (QED) is 0.117. The van der Waals surface area contributed by atoms with E-state index in [2.05, 4.69) is 20.3 Å². The summed E-state index contributed by atoms with van der Waals surface area (Å²) in [5.74, 6) is 0.249. The molecule has 3 aromatic carbocycles. The van der Waals surface area contributed by atoms with Crippen LogP contribution in [0.3, 0.4) is 0 Å². The van der Waals surface area contributed by atoms with Crippen LogP contribution in [-0.4, -0.2) is 34.3 Å². The number of benzene rings is 3. The summed E-state index contributed by atoms with van der Waals surface area (Å²) in [5, 5.41) is 4.10. The summed E-state index contributed by atoms with van der Waals surface area (Å²) in [5.41, 5.74) is 9.98. The van der Waals surface area contributed by atoms with Crippen LogP contribution in [0.4, 0.5) is 17.1 Å². The molecule has 4 aromatic rings. The number of para-hydroxylation sites is 2. The van der Waals surface area contributed by atoms with E-state index >= 15 is 0 Å². The number of rotatable bonds is 8. The Labute approximate surface area is 225 Å². The topological polar surface area (TPSA) is 112 Å². The zero-order valence-electron chi connectivity index (χ0n) is 20.4. The van der Waals surface area contributed by atoms with Gasteiger partial charge in [0.2, 0.25) is 0 Å². The Morgan fingerprint density at radius 2 is 1.70 bits per heavy atom. The predicted octanol–water partition coefficient (Wildman–Crippen LogP) is 6.24. The van der Waals surface area contributed by atoms with E-state index in [0.717, 1.165) is 22.6 Å². The van der Waals surface area contributed by atoms with Crippen molar-refractivity contribution in [2.45, 2.75) is 20.3 Å². The minimum absolute atomic E-state index is 0.0877. The van der Waals surface area contributed by atoms with Crippen LogP contribution in [0.1, 0.15) is 34.2 Å². The van der Waals surface area contributed by atoms with E-state index < -0.39 is 5.97 Å². The minimum Gasteiger partial charge on any atom is -0.435 e. The number of aromatic nitrogens is 3. The number of anilines is 3. The number of nitrogens with two attached hydrogens (primary N) is 1. The van der Waals surface area contributed by atoms with E-state index in [-0.39, 0.29) is 6.79 Å². The van der Waals surface area contributed by atoms with Crippen molar-refractivity contribution < 1.29 is 14.3 Å². The molecule has 10 heteroatoms. The second kappa shape index (κ2) is 14.1. The molecule has 0 unspecified atom stereocenters.